The molecule has 0 spiro atoms. The Hall–Kier alpha value is -3.85. The van der Waals surface area contributed by atoms with Crippen molar-refractivity contribution >= 4 is 38.3 Å². The average molecular weight is 436 g/mol. The Balaban J connectivity index is 1.50. The maximum Gasteiger partial charge on any atom is 0.323 e. The van der Waals surface area contributed by atoms with Crippen LogP contribution in [0.5, 0.6) is 0 Å². The Morgan fingerprint density at radius 2 is 1.48 bits per heavy atom. The van der Waals surface area contributed by atoms with Gasteiger partial charge in [0.15, 0.2) is 0 Å². The molecule has 4 aromatic rings. The average Bonchev–Trinajstić information content (AvgIpc) is 3.10. The summed E-state index contributed by atoms with van der Waals surface area (Å²) >= 11 is 0. The van der Waals surface area contributed by atoms with Crippen molar-refractivity contribution in [1.82, 2.24) is 9.97 Å². The van der Waals surface area contributed by atoms with Gasteiger partial charge in [-0.15, -0.1) is 0 Å². The molecule has 8 nitrogen and oxygen atoms in total. The molecule has 0 unspecified atom stereocenters. The molecule has 0 atom stereocenters. The van der Waals surface area contributed by atoms with Crippen molar-refractivity contribution in [2.45, 2.75) is 18.7 Å². The lowest BCUT2D eigenvalue weighted by Crippen LogP contribution is -2.15. The quantitative estimate of drug-likeness (QED) is 0.382. The SMILES string of the molecule is Cc1ccc(NS(=O)(=O)c2ccc(C(=O)Nc3ccc4[nH]c(=O)[nH]c4c3)cc2)cc1C. The van der Waals surface area contributed by atoms with E-state index >= 15 is 0 Å². The van der Waals surface area contributed by atoms with Crippen molar-refractivity contribution in [3.8, 4) is 0 Å². The molecule has 31 heavy (non-hydrogen) atoms. The monoisotopic (exact) mass is 436 g/mol. The summed E-state index contributed by atoms with van der Waals surface area (Å²) in [6, 6.07) is 15.9. The molecule has 0 bridgehead atoms. The number of carbonyl (C=O) groups is 1. The normalized spacial score (nSPS) is 11.4. The minimum Gasteiger partial charge on any atom is -0.322 e. The first kappa shape index (κ1) is 20.4. The molecule has 3 aromatic carbocycles. The van der Waals surface area contributed by atoms with E-state index in [0.29, 0.717) is 28.0 Å². The molecule has 4 N–H and O–H groups in total. The van der Waals surface area contributed by atoms with Crippen LogP contribution in [0, 0.1) is 13.8 Å². The van der Waals surface area contributed by atoms with E-state index in [1.165, 1.54) is 24.3 Å². The first-order valence-corrected chi connectivity index (χ1v) is 10.9. The highest BCUT2D eigenvalue weighted by molar-refractivity contribution is 7.92. The number of fused-ring (bicyclic) bond motifs is 1. The Bertz CT molecular complexity index is 1450. The minimum atomic E-state index is -3.79. The van der Waals surface area contributed by atoms with Gasteiger partial charge >= 0.3 is 5.69 Å². The van der Waals surface area contributed by atoms with Crippen LogP contribution in [0.2, 0.25) is 0 Å². The van der Waals surface area contributed by atoms with Crippen molar-refractivity contribution in [3.63, 3.8) is 0 Å². The molecule has 1 aromatic heterocycles. The van der Waals surface area contributed by atoms with Crippen molar-refractivity contribution in [3.05, 3.63) is 87.8 Å². The lowest BCUT2D eigenvalue weighted by atomic mass is 10.1. The van der Waals surface area contributed by atoms with E-state index in [0.717, 1.165) is 11.1 Å². The van der Waals surface area contributed by atoms with Crippen LogP contribution in [0.25, 0.3) is 11.0 Å². The van der Waals surface area contributed by atoms with E-state index in [-0.39, 0.29) is 10.6 Å². The van der Waals surface area contributed by atoms with Gasteiger partial charge < -0.3 is 15.3 Å². The van der Waals surface area contributed by atoms with Crippen LogP contribution in [0.4, 0.5) is 11.4 Å². The number of amides is 1. The summed E-state index contributed by atoms with van der Waals surface area (Å²) in [5, 5.41) is 2.73. The van der Waals surface area contributed by atoms with Crippen molar-refractivity contribution in [1.29, 1.82) is 0 Å². The number of sulfonamides is 1. The molecule has 1 amide bonds. The largest absolute Gasteiger partial charge is 0.323 e. The van der Waals surface area contributed by atoms with E-state index in [1.807, 2.05) is 19.9 Å². The highest BCUT2D eigenvalue weighted by atomic mass is 32.2. The summed E-state index contributed by atoms with van der Waals surface area (Å²) in [5.74, 6) is -0.400. The predicted octanol–water partition coefficient (Wildman–Crippen LogP) is 3.53. The molecule has 4 rings (SSSR count). The number of carbonyl (C=O) groups excluding carboxylic acids is 1. The Kier molecular flexibility index (Phi) is 5.12. The highest BCUT2D eigenvalue weighted by Crippen LogP contribution is 2.20. The van der Waals surface area contributed by atoms with Crippen LogP contribution in [-0.4, -0.2) is 24.3 Å². The fraction of sp³-hybridized carbons (Fsp3) is 0.0909. The molecule has 0 fully saturated rings. The van der Waals surface area contributed by atoms with Crippen LogP contribution in [0.1, 0.15) is 21.5 Å². The zero-order valence-electron chi connectivity index (χ0n) is 16.8. The van der Waals surface area contributed by atoms with E-state index in [9.17, 15) is 18.0 Å². The van der Waals surface area contributed by atoms with E-state index in [4.69, 9.17) is 0 Å². The molecule has 0 radical (unpaired) electrons. The molecule has 0 saturated carbocycles. The van der Waals surface area contributed by atoms with Crippen molar-refractivity contribution in [2.24, 2.45) is 0 Å². The summed E-state index contributed by atoms with van der Waals surface area (Å²) in [6.45, 7) is 3.86. The van der Waals surface area contributed by atoms with Crippen molar-refractivity contribution < 1.29 is 13.2 Å². The van der Waals surface area contributed by atoms with Gasteiger partial charge in [0.25, 0.3) is 15.9 Å². The second-order valence-corrected chi connectivity index (χ2v) is 8.90. The van der Waals surface area contributed by atoms with Crippen LogP contribution in [0.15, 0.2) is 70.4 Å². The predicted molar refractivity (Wildman–Crippen MR) is 120 cm³/mol. The Morgan fingerprint density at radius 3 is 2.19 bits per heavy atom. The van der Waals surface area contributed by atoms with E-state index in [2.05, 4.69) is 20.0 Å². The molecular formula is C22H20N4O4S. The summed E-state index contributed by atoms with van der Waals surface area (Å²) < 4.78 is 27.9. The van der Waals surface area contributed by atoms with Crippen LogP contribution < -0.4 is 15.7 Å². The molecule has 158 valence electrons. The summed E-state index contributed by atoms with van der Waals surface area (Å²) in [4.78, 5) is 29.2. The third-order valence-electron chi connectivity index (χ3n) is 4.96. The number of hydrogen-bond donors (Lipinski definition) is 4. The summed E-state index contributed by atoms with van der Waals surface area (Å²) in [6.07, 6.45) is 0. The minimum absolute atomic E-state index is 0.0496. The van der Waals surface area contributed by atoms with Crippen molar-refractivity contribution in [2.75, 3.05) is 10.0 Å². The maximum atomic E-state index is 12.7. The van der Waals surface area contributed by atoms with E-state index in [1.54, 1.807) is 30.3 Å². The number of aryl methyl sites for hydroxylation is 2. The van der Waals surface area contributed by atoms with Gasteiger partial charge in [-0.25, -0.2) is 13.2 Å². The topological polar surface area (TPSA) is 124 Å². The summed E-state index contributed by atoms with van der Waals surface area (Å²) in [5.41, 5.74) is 4.20. The molecule has 0 aliphatic rings. The van der Waals surface area contributed by atoms with Gasteiger partial charge in [-0.3, -0.25) is 9.52 Å². The first-order valence-electron chi connectivity index (χ1n) is 9.45. The third kappa shape index (κ3) is 4.36. The number of aromatic amines is 2. The highest BCUT2D eigenvalue weighted by Gasteiger charge is 2.16. The lowest BCUT2D eigenvalue weighted by Gasteiger charge is -2.11. The van der Waals surface area contributed by atoms with Gasteiger partial charge in [-0.2, -0.15) is 0 Å². The molecule has 0 aliphatic heterocycles. The van der Waals surface area contributed by atoms with Crippen LogP contribution >= 0.6 is 0 Å². The molecule has 0 saturated heterocycles. The molecule has 1 heterocycles. The number of nitrogens with one attached hydrogen (secondary N) is 4. The van der Waals surface area contributed by atoms with Crippen LogP contribution in [-0.2, 0) is 10.0 Å². The zero-order chi connectivity index (χ0) is 22.2. The first-order chi connectivity index (χ1) is 14.7. The Labute approximate surface area is 178 Å². The zero-order valence-corrected chi connectivity index (χ0v) is 17.6. The number of hydrogen-bond acceptors (Lipinski definition) is 4. The maximum absolute atomic E-state index is 12.7. The Morgan fingerprint density at radius 1 is 0.806 bits per heavy atom. The van der Waals surface area contributed by atoms with Gasteiger partial charge in [0.1, 0.15) is 0 Å². The molecule has 0 aliphatic carbocycles. The lowest BCUT2D eigenvalue weighted by molar-refractivity contribution is 0.102. The second-order valence-electron chi connectivity index (χ2n) is 7.22. The number of aromatic nitrogens is 2. The fourth-order valence-electron chi connectivity index (χ4n) is 3.12. The van der Waals surface area contributed by atoms with Gasteiger partial charge in [-0.05, 0) is 79.6 Å². The van der Waals surface area contributed by atoms with Crippen LogP contribution in [0.3, 0.4) is 0 Å². The number of rotatable bonds is 5. The number of H-pyrrole nitrogens is 2. The van der Waals surface area contributed by atoms with Gasteiger partial charge in [0.05, 0.1) is 15.9 Å². The van der Waals surface area contributed by atoms with Gasteiger partial charge in [-0.1, -0.05) is 6.07 Å². The number of anilines is 2. The smallest absolute Gasteiger partial charge is 0.322 e. The summed E-state index contributed by atoms with van der Waals surface area (Å²) in [7, 11) is -3.79. The standard InChI is InChI=1S/C22H20N4O4S/c1-13-3-6-17(11-14(13)2)26-31(29,30)18-8-4-15(5-9-18)21(27)23-16-7-10-19-20(12-16)25-22(28)24-19/h3-12,26H,1-2H3,(H,23,27)(H2,24,25,28). The number of benzene rings is 3. The van der Waals surface area contributed by atoms with E-state index < -0.39 is 15.9 Å². The number of imidazole rings is 1. The third-order valence-corrected chi connectivity index (χ3v) is 6.36. The van der Waals surface area contributed by atoms with Gasteiger partial charge in [0, 0.05) is 16.9 Å². The molecule has 9 heteroatoms. The second kappa shape index (κ2) is 7.77. The molecular weight excluding hydrogens is 416 g/mol. The fourth-order valence-corrected chi connectivity index (χ4v) is 4.17. The van der Waals surface area contributed by atoms with Gasteiger partial charge in [0.2, 0.25) is 0 Å².